The monoisotopic (exact) mass is 472 g/mol. The zero-order chi connectivity index (χ0) is 24.5. The van der Waals surface area contributed by atoms with Gasteiger partial charge >= 0.3 is 0 Å². The summed E-state index contributed by atoms with van der Waals surface area (Å²) in [6.45, 7) is 8.26. The summed E-state index contributed by atoms with van der Waals surface area (Å²) in [6, 6.07) is 13.4. The van der Waals surface area contributed by atoms with E-state index in [9.17, 15) is 9.59 Å². The maximum absolute atomic E-state index is 12.9. The predicted molar refractivity (Wildman–Crippen MR) is 133 cm³/mol. The molecular weight excluding hydrogens is 444 g/mol. The molecule has 5 rings (SSSR count). The number of para-hydroxylation sites is 1. The van der Waals surface area contributed by atoms with Crippen molar-refractivity contribution in [3.63, 3.8) is 0 Å². The molecule has 1 fully saturated rings. The Hall–Kier alpha value is -4.05. The van der Waals surface area contributed by atoms with Crippen LogP contribution in [-0.4, -0.2) is 79.1 Å². The van der Waals surface area contributed by atoms with Crippen LogP contribution >= 0.6 is 0 Å². The predicted octanol–water partition coefficient (Wildman–Crippen LogP) is 2.47. The number of hydrogen-bond donors (Lipinski definition) is 2. The normalized spacial score (nSPS) is 14.4. The lowest BCUT2D eigenvalue weighted by molar-refractivity contribution is -0.117. The number of carbonyl (C=O) groups is 2. The Morgan fingerprint density at radius 2 is 1.66 bits per heavy atom. The molecular formula is C25H28N8O2. The first-order valence-corrected chi connectivity index (χ1v) is 11.6. The number of anilines is 1. The van der Waals surface area contributed by atoms with Crippen LogP contribution in [0, 0.1) is 20.8 Å². The number of aromatic nitrogens is 5. The van der Waals surface area contributed by atoms with Crippen LogP contribution < -0.4 is 5.32 Å². The van der Waals surface area contributed by atoms with Crippen LogP contribution in [0.15, 0.2) is 42.5 Å². The highest BCUT2D eigenvalue weighted by atomic mass is 16.2. The minimum Gasteiger partial charge on any atom is -0.351 e. The van der Waals surface area contributed by atoms with Gasteiger partial charge in [-0.05, 0) is 39.0 Å². The number of amides is 2. The Labute approximate surface area is 203 Å². The largest absolute Gasteiger partial charge is 0.351 e. The van der Waals surface area contributed by atoms with Gasteiger partial charge in [0.25, 0.3) is 11.9 Å². The van der Waals surface area contributed by atoms with Gasteiger partial charge in [-0.15, -0.1) is 0 Å². The van der Waals surface area contributed by atoms with Gasteiger partial charge in [-0.1, -0.05) is 18.2 Å². The minimum absolute atomic E-state index is 0.0156. The third kappa shape index (κ3) is 4.92. The second-order valence-corrected chi connectivity index (χ2v) is 8.92. The van der Waals surface area contributed by atoms with Crippen molar-refractivity contribution in [2.75, 3.05) is 38.0 Å². The Morgan fingerprint density at radius 1 is 0.943 bits per heavy atom. The molecule has 35 heavy (non-hydrogen) atoms. The van der Waals surface area contributed by atoms with E-state index < -0.39 is 0 Å². The molecule has 0 saturated carbocycles. The Kier molecular flexibility index (Phi) is 6.04. The van der Waals surface area contributed by atoms with E-state index in [0.29, 0.717) is 43.6 Å². The van der Waals surface area contributed by atoms with Crippen molar-refractivity contribution >= 4 is 28.5 Å². The number of nitrogens with one attached hydrogen (secondary N) is 2. The topological polar surface area (TPSA) is 112 Å². The van der Waals surface area contributed by atoms with Gasteiger partial charge in [0.2, 0.25) is 5.91 Å². The summed E-state index contributed by atoms with van der Waals surface area (Å²) in [5.41, 5.74) is 3.96. The van der Waals surface area contributed by atoms with Crippen molar-refractivity contribution < 1.29 is 9.59 Å². The summed E-state index contributed by atoms with van der Waals surface area (Å²) in [5, 5.41) is 8.42. The first kappa shape index (κ1) is 22.7. The van der Waals surface area contributed by atoms with Crippen molar-refractivity contribution in [1.29, 1.82) is 0 Å². The quantitative estimate of drug-likeness (QED) is 0.462. The van der Waals surface area contributed by atoms with Crippen LogP contribution in [0.2, 0.25) is 0 Å². The van der Waals surface area contributed by atoms with Gasteiger partial charge in [0.1, 0.15) is 11.5 Å². The highest BCUT2D eigenvalue weighted by Crippen LogP contribution is 2.18. The average Bonchev–Trinajstić information content (AvgIpc) is 3.41. The fraction of sp³-hybridized carbons (Fsp3) is 0.320. The van der Waals surface area contributed by atoms with Gasteiger partial charge in [-0.25, -0.2) is 9.97 Å². The fourth-order valence-electron chi connectivity index (χ4n) is 4.40. The molecule has 4 heterocycles. The second kappa shape index (κ2) is 9.30. The highest BCUT2D eigenvalue weighted by Gasteiger charge is 2.25. The summed E-state index contributed by atoms with van der Waals surface area (Å²) >= 11 is 0. The highest BCUT2D eigenvalue weighted by molar-refractivity contribution is 5.98. The van der Waals surface area contributed by atoms with Crippen molar-refractivity contribution in [2.24, 2.45) is 0 Å². The number of H-pyrrole nitrogens is 1. The van der Waals surface area contributed by atoms with Gasteiger partial charge in [0.15, 0.2) is 0 Å². The minimum atomic E-state index is -0.147. The number of hydrogen-bond acceptors (Lipinski definition) is 6. The summed E-state index contributed by atoms with van der Waals surface area (Å²) < 4.78 is 1.56. The van der Waals surface area contributed by atoms with Gasteiger partial charge in [0, 0.05) is 54.5 Å². The number of rotatable bonds is 5. The number of fused-ring (bicyclic) bond motifs is 1. The van der Waals surface area contributed by atoms with Gasteiger partial charge in [-0.3, -0.25) is 14.5 Å². The van der Waals surface area contributed by atoms with E-state index in [4.69, 9.17) is 0 Å². The number of aromatic amines is 1. The standard InChI is InChI=1S/C25H28N8O2/c1-16-12-17(2)27-25(26-16)33-22(13-18(3)30-33)29-23(34)15-31-8-10-32(11-9-31)24(35)21-14-19-6-4-5-7-20(19)28-21/h4-7,12-14,28H,8-11,15H2,1-3H3,(H,29,34). The summed E-state index contributed by atoms with van der Waals surface area (Å²) in [6.07, 6.45) is 0. The lowest BCUT2D eigenvalue weighted by atomic mass is 10.2. The molecule has 1 aliphatic heterocycles. The second-order valence-electron chi connectivity index (χ2n) is 8.92. The van der Waals surface area contributed by atoms with E-state index in [-0.39, 0.29) is 18.4 Å². The molecule has 4 aromatic rings. The average molecular weight is 473 g/mol. The SMILES string of the molecule is Cc1cc(C)nc(-n2nc(C)cc2NC(=O)CN2CCN(C(=O)c3cc4ccccc4[nH]3)CC2)n1. The Balaban J connectivity index is 1.19. The van der Waals surface area contributed by atoms with Crippen LogP contribution in [0.5, 0.6) is 0 Å². The lowest BCUT2D eigenvalue weighted by Gasteiger charge is -2.34. The molecule has 0 aliphatic carbocycles. The van der Waals surface area contributed by atoms with Crippen LogP contribution in [0.1, 0.15) is 27.6 Å². The molecule has 10 nitrogen and oxygen atoms in total. The van der Waals surface area contributed by atoms with Gasteiger partial charge < -0.3 is 15.2 Å². The van der Waals surface area contributed by atoms with Crippen LogP contribution in [0.25, 0.3) is 16.9 Å². The molecule has 1 saturated heterocycles. The number of carbonyl (C=O) groups excluding carboxylic acids is 2. The maximum Gasteiger partial charge on any atom is 0.270 e. The van der Waals surface area contributed by atoms with Crippen LogP contribution in [0.4, 0.5) is 5.82 Å². The third-order valence-corrected chi connectivity index (χ3v) is 6.05. The third-order valence-electron chi connectivity index (χ3n) is 6.05. The first-order chi connectivity index (χ1) is 16.9. The van der Waals surface area contributed by atoms with E-state index in [1.54, 1.807) is 10.7 Å². The van der Waals surface area contributed by atoms with E-state index in [0.717, 1.165) is 28.0 Å². The van der Waals surface area contributed by atoms with Gasteiger partial charge in [0.05, 0.1) is 12.2 Å². The van der Waals surface area contributed by atoms with Crippen LogP contribution in [0.3, 0.4) is 0 Å². The summed E-state index contributed by atoms with van der Waals surface area (Å²) in [4.78, 5) is 41.7. The molecule has 3 aromatic heterocycles. The summed E-state index contributed by atoms with van der Waals surface area (Å²) in [7, 11) is 0. The molecule has 0 bridgehead atoms. The number of benzene rings is 1. The molecule has 1 aromatic carbocycles. The molecule has 2 N–H and O–H groups in total. The molecule has 0 spiro atoms. The molecule has 0 unspecified atom stereocenters. The lowest BCUT2D eigenvalue weighted by Crippen LogP contribution is -2.50. The molecule has 180 valence electrons. The maximum atomic E-state index is 12.9. The summed E-state index contributed by atoms with van der Waals surface area (Å²) in [5.74, 6) is 0.796. The smallest absolute Gasteiger partial charge is 0.270 e. The van der Waals surface area contributed by atoms with Crippen molar-refractivity contribution in [2.45, 2.75) is 20.8 Å². The van der Waals surface area contributed by atoms with Crippen molar-refractivity contribution in [1.82, 2.24) is 34.5 Å². The number of piperazine rings is 1. The van der Waals surface area contributed by atoms with Gasteiger partial charge in [-0.2, -0.15) is 9.78 Å². The number of nitrogens with zero attached hydrogens (tertiary/aromatic N) is 6. The number of aryl methyl sites for hydroxylation is 3. The van der Waals surface area contributed by atoms with Crippen LogP contribution in [-0.2, 0) is 4.79 Å². The molecule has 1 aliphatic rings. The Morgan fingerprint density at radius 3 is 2.37 bits per heavy atom. The molecule has 2 amide bonds. The fourth-order valence-corrected chi connectivity index (χ4v) is 4.40. The zero-order valence-electron chi connectivity index (χ0n) is 20.1. The Bertz CT molecular complexity index is 1340. The molecule has 10 heteroatoms. The first-order valence-electron chi connectivity index (χ1n) is 11.6. The zero-order valence-corrected chi connectivity index (χ0v) is 20.1. The van der Waals surface area contributed by atoms with Crippen molar-refractivity contribution in [3.05, 3.63) is 65.2 Å². The van der Waals surface area contributed by atoms with E-state index in [1.165, 1.54) is 0 Å². The van der Waals surface area contributed by atoms with E-state index in [1.807, 2.05) is 67.0 Å². The molecule has 0 radical (unpaired) electrons. The van der Waals surface area contributed by atoms with E-state index >= 15 is 0 Å². The van der Waals surface area contributed by atoms with E-state index in [2.05, 4.69) is 25.4 Å². The molecule has 0 atom stereocenters. The van der Waals surface area contributed by atoms with Crippen molar-refractivity contribution in [3.8, 4) is 5.95 Å².